The van der Waals surface area contributed by atoms with Gasteiger partial charge in [0.2, 0.25) is 0 Å². The molecule has 0 heterocycles. The van der Waals surface area contributed by atoms with E-state index in [1.165, 1.54) is 7.11 Å². The number of benzene rings is 1. The number of carbonyl (C=O) groups is 1. The van der Waals surface area contributed by atoms with Gasteiger partial charge in [0.15, 0.2) is 6.10 Å². The Labute approximate surface area is 113 Å². The summed E-state index contributed by atoms with van der Waals surface area (Å²) < 4.78 is 11.1. The van der Waals surface area contributed by atoms with Crippen molar-refractivity contribution in [1.82, 2.24) is 0 Å². The average molecular weight is 324 g/mol. The van der Waals surface area contributed by atoms with Crippen LogP contribution in [-0.4, -0.2) is 30.7 Å². The quantitative estimate of drug-likeness (QED) is 0.818. The van der Waals surface area contributed by atoms with Gasteiger partial charge in [-0.1, -0.05) is 15.9 Å². The molecule has 0 radical (unpaired) electrons. The fourth-order valence-corrected chi connectivity index (χ4v) is 1.83. The van der Waals surface area contributed by atoms with E-state index in [-0.39, 0.29) is 12.5 Å². The largest absolute Gasteiger partial charge is 0.496 e. The van der Waals surface area contributed by atoms with Gasteiger partial charge in [-0.05, 0) is 18.2 Å². The minimum Gasteiger partial charge on any atom is -0.496 e. The number of halogens is 2. The van der Waals surface area contributed by atoms with E-state index in [1.54, 1.807) is 18.2 Å². The molecule has 0 bridgehead atoms. The third-order valence-corrected chi connectivity index (χ3v) is 2.71. The normalized spacial score (nSPS) is 12.2. The predicted octanol–water partition coefficient (Wildman–Crippen LogP) is 2.84. The molecule has 1 rings (SSSR count). The zero-order valence-electron chi connectivity index (χ0n) is 9.15. The highest BCUT2D eigenvalue weighted by Crippen LogP contribution is 2.30. The monoisotopic (exact) mass is 322 g/mol. The summed E-state index contributed by atoms with van der Waals surface area (Å²) in [6, 6.07) is 5.11. The van der Waals surface area contributed by atoms with Gasteiger partial charge in [-0.2, -0.15) is 0 Å². The molecule has 1 aromatic rings. The number of alkyl halides is 1. The summed E-state index contributed by atoms with van der Waals surface area (Å²) in [6.07, 6.45) is -1.08. The molecular formula is C11H12BrClO4. The Hall–Kier alpha value is -0.780. The Morgan fingerprint density at radius 3 is 2.82 bits per heavy atom. The molecule has 1 atom stereocenters. The van der Waals surface area contributed by atoms with Crippen LogP contribution in [0.3, 0.4) is 0 Å². The average Bonchev–Trinajstić information content (AvgIpc) is 2.29. The minimum atomic E-state index is -1.08. The Kier molecular flexibility index (Phi) is 5.74. The summed E-state index contributed by atoms with van der Waals surface area (Å²) in [7, 11) is 1.48. The highest BCUT2D eigenvalue weighted by Gasteiger charge is 2.24. The van der Waals surface area contributed by atoms with Crippen molar-refractivity contribution in [3.63, 3.8) is 0 Å². The molecule has 0 amide bonds. The lowest BCUT2D eigenvalue weighted by Gasteiger charge is -2.16. The summed E-state index contributed by atoms with van der Waals surface area (Å²) in [5.41, 5.74) is 0.458. The second kappa shape index (κ2) is 6.83. The van der Waals surface area contributed by atoms with Gasteiger partial charge in [0.1, 0.15) is 5.75 Å². The number of aliphatic carboxylic acids is 1. The van der Waals surface area contributed by atoms with Crippen molar-refractivity contribution < 1.29 is 19.4 Å². The van der Waals surface area contributed by atoms with E-state index >= 15 is 0 Å². The summed E-state index contributed by atoms with van der Waals surface area (Å²) in [5, 5.41) is 9.13. The van der Waals surface area contributed by atoms with Gasteiger partial charge in [-0.25, -0.2) is 4.79 Å². The number of hydrogen-bond donors (Lipinski definition) is 1. The fraction of sp³-hybridized carbons (Fsp3) is 0.364. The summed E-state index contributed by atoms with van der Waals surface area (Å²) in [6.45, 7) is 0.161. The van der Waals surface area contributed by atoms with Crippen LogP contribution in [0, 0.1) is 0 Å². The first-order valence-corrected chi connectivity index (χ1v) is 6.16. The molecule has 0 fully saturated rings. The summed E-state index contributed by atoms with van der Waals surface area (Å²) >= 11 is 8.77. The standard InChI is InChI=1S/C11H12BrClO4/c1-16-9-3-2-7(12)6-8(9)10(11(14)15)17-5-4-13/h2-3,6,10H,4-5H2,1H3,(H,14,15). The van der Waals surface area contributed by atoms with Crippen molar-refractivity contribution in [3.05, 3.63) is 28.2 Å². The number of hydrogen-bond acceptors (Lipinski definition) is 3. The molecule has 0 aliphatic rings. The number of rotatable bonds is 6. The smallest absolute Gasteiger partial charge is 0.337 e. The first kappa shape index (κ1) is 14.3. The van der Waals surface area contributed by atoms with Gasteiger partial charge in [-0.15, -0.1) is 11.6 Å². The summed E-state index contributed by atoms with van der Waals surface area (Å²) in [4.78, 5) is 11.1. The van der Waals surface area contributed by atoms with E-state index in [0.717, 1.165) is 4.47 Å². The van der Waals surface area contributed by atoms with E-state index in [2.05, 4.69) is 15.9 Å². The van der Waals surface area contributed by atoms with Gasteiger partial charge in [0, 0.05) is 15.9 Å². The third-order valence-electron chi connectivity index (χ3n) is 2.06. The second-order valence-electron chi connectivity index (χ2n) is 3.16. The van der Waals surface area contributed by atoms with Crippen molar-refractivity contribution >= 4 is 33.5 Å². The lowest BCUT2D eigenvalue weighted by atomic mass is 10.1. The molecule has 1 N–H and O–H groups in total. The maximum atomic E-state index is 11.1. The van der Waals surface area contributed by atoms with E-state index in [9.17, 15) is 4.79 Å². The molecule has 1 unspecified atom stereocenters. The molecule has 0 saturated heterocycles. The molecular weight excluding hydrogens is 311 g/mol. The van der Waals surface area contributed by atoms with Crippen molar-refractivity contribution in [2.45, 2.75) is 6.10 Å². The Balaban J connectivity index is 3.07. The lowest BCUT2D eigenvalue weighted by molar-refractivity contribution is -0.150. The van der Waals surface area contributed by atoms with Crippen LogP contribution in [0.2, 0.25) is 0 Å². The molecule has 94 valence electrons. The zero-order valence-corrected chi connectivity index (χ0v) is 11.5. The van der Waals surface area contributed by atoms with Crippen LogP contribution in [0.1, 0.15) is 11.7 Å². The SMILES string of the molecule is COc1ccc(Br)cc1C(OCCCl)C(=O)O. The Bertz CT molecular complexity index is 397. The molecule has 0 saturated carbocycles. The van der Waals surface area contributed by atoms with Crippen LogP contribution < -0.4 is 4.74 Å². The summed E-state index contributed by atoms with van der Waals surface area (Å²) in [5.74, 6) is -0.373. The molecule has 0 aromatic heterocycles. The van der Waals surface area contributed by atoms with Crippen LogP contribution in [0.15, 0.2) is 22.7 Å². The van der Waals surface area contributed by atoms with Crippen LogP contribution in [-0.2, 0) is 9.53 Å². The van der Waals surface area contributed by atoms with Gasteiger partial charge >= 0.3 is 5.97 Å². The van der Waals surface area contributed by atoms with Crippen LogP contribution in [0.4, 0.5) is 0 Å². The van der Waals surface area contributed by atoms with E-state index < -0.39 is 12.1 Å². The molecule has 17 heavy (non-hydrogen) atoms. The molecule has 4 nitrogen and oxygen atoms in total. The number of carboxylic acids is 1. The Morgan fingerprint density at radius 1 is 1.59 bits per heavy atom. The van der Waals surface area contributed by atoms with Crippen molar-refractivity contribution in [2.75, 3.05) is 19.6 Å². The minimum absolute atomic E-state index is 0.161. The zero-order chi connectivity index (χ0) is 12.8. The van der Waals surface area contributed by atoms with Gasteiger partial charge in [0.05, 0.1) is 13.7 Å². The second-order valence-corrected chi connectivity index (χ2v) is 4.46. The third kappa shape index (κ3) is 3.87. The molecule has 0 aliphatic heterocycles. The molecule has 0 aliphatic carbocycles. The first-order valence-electron chi connectivity index (χ1n) is 4.84. The van der Waals surface area contributed by atoms with Gasteiger partial charge in [-0.3, -0.25) is 0 Å². The van der Waals surface area contributed by atoms with Crippen molar-refractivity contribution in [1.29, 1.82) is 0 Å². The highest BCUT2D eigenvalue weighted by atomic mass is 79.9. The number of methoxy groups -OCH3 is 1. The highest BCUT2D eigenvalue weighted by molar-refractivity contribution is 9.10. The molecule has 0 spiro atoms. The maximum Gasteiger partial charge on any atom is 0.337 e. The van der Waals surface area contributed by atoms with Gasteiger partial charge in [0.25, 0.3) is 0 Å². The van der Waals surface area contributed by atoms with Gasteiger partial charge < -0.3 is 14.6 Å². The van der Waals surface area contributed by atoms with Crippen LogP contribution in [0.25, 0.3) is 0 Å². The number of ether oxygens (including phenoxy) is 2. The first-order chi connectivity index (χ1) is 8.10. The fourth-order valence-electron chi connectivity index (χ4n) is 1.37. The topological polar surface area (TPSA) is 55.8 Å². The van der Waals surface area contributed by atoms with E-state index in [1.807, 2.05) is 0 Å². The predicted molar refractivity (Wildman–Crippen MR) is 67.7 cm³/mol. The van der Waals surface area contributed by atoms with E-state index in [0.29, 0.717) is 11.3 Å². The van der Waals surface area contributed by atoms with Crippen molar-refractivity contribution in [3.8, 4) is 5.75 Å². The van der Waals surface area contributed by atoms with Crippen LogP contribution >= 0.6 is 27.5 Å². The molecule has 1 aromatic carbocycles. The lowest BCUT2D eigenvalue weighted by Crippen LogP contribution is -2.17. The number of carboxylic acid groups (broad SMARTS) is 1. The van der Waals surface area contributed by atoms with Crippen molar-refractivity contribution in [2.24, 2.45) is 0 Å². The molecule has 6 heteroatoms. The van der Waals surface area contributed by atoms with E-state index in [4.69, 9.17) is 26.2 Å². The van der Waals surface area contributed by atoms with Crippen LogP contribution in [0.5, 0.6) is 5.75 Å². The Morgan fingerprint density at radius 2 is 2.29 bits per heavy atom. The maximum absolute atomic E-state index is 11.1.